The summed E-state index contributed by atoms with van der Waals surface area (Å²) in [7, 11) is 0. The van der Waals surface area contributed by atoms with Crippen molar-refractivity contribution in [3.05, 3.63) is 30.4 Å². The molecular weight excluding hydrogens is 336 g/mol. The van der Waals surface area contributed by atoms with E-state index in [0.717, 1.165) is 6.42 Å². The smallest absolute Gasteiger partial charge is 0.258 e. The average molecular weight is 354 g/mol. The first-order chi connectivity index (χ1) is 12.6. The monoisotopic (exact) mass is 354 g/mol. The molecule has 3 aliphatic rings. The van der Waals surface area contributed by atoms with E-state index in [0.29, 0.717) is 36.5 Å². The maximum absolute atomic E-state index is 13.2. The van der Waals surface area contributed by atoms with Crippen LogP contribution in [0.4, 0.5) is 0 Å². The number of rotatable bonds is 2. The lowest BCUT2D eigenvalue weighted by molar-refractivity contribution is -0.141. The molecule has 0 unspecified atom stereocenters. The zero-order chi connectivity index (χ0) is 17.8. The molecule has 5 rings (SSSR count). The summed E-state index contributed by atoms with van der Waals surface area (Å²) in [6.07, 6.45) is 8.04. The number of nitrogens with one attached hydrogen (secondary N) is 1. The summed E-state index contributed by atoms with van der Waals surface area (Å²) < 4.78 is 1.60. The molecule has 9 heteroatoms. The largest absolute Gasteiger partial charge is 0.353 e. The van der Waals surface area contributed by atoms with Crippen LogP contribution in [-0.2, 0) is 9.59 Å². The molecule has 0 bridgehead atoms. The molecule has 9 nitrogen and oxygen atoms in total. The Bertz CT molecular complexity index is 924. The van der Waals surface area contributed by atoms with Gasteiger partial charge in [-0.15, -0.1) is 0 Å². The molecule has 2 aromatic rings. The fraction of sp³-hybridized carbons (Fsp3) is 0.471. The van der Waals surface area contributed by atoms with Crippen molar-refractivity contribution in [2.45, 2.75) is 24.9 Å². The topological polar surface area (TPSA) is 99.9 Å². The minimum absolute atomic E-state index is 0.0628. The van der Waals surface area contributed by atoms with Gasteiger partial charge >= 0.3 is 0 Å². The summed E-state index contributed by atoms with van der Waals surface area (Å²) in [5.74, 6) is -0.0846. The zero-order valence-electron chi connectivity index (χ0n) is 14.0. The fourth-order valence-electron chi connectivity index (χ4n) is 4.14. The molecule has 4 heterocycles. The van der Waals surface area contributed by atoms with Crippen LogP contribution in [0, 0.1) is 5.92 Å². The molecule has 3 amide bonds. The maximum Gasteiger partial charge on any atom is 0.258 e. The van der Waals surface area contributed by atoms with Crippen LogP contribution in [0.1, 0.15) is 23.2 Å². The van der Waals surface area contributed by atoms with Crippen LogP contribution in [0.2, 0.25) is 0 Å². The third-order valence-electron chi connectivity index (χ3n) is 5.53. The molecule has 2 aromatic heterocycles. The van der Waals surface area contributed by atoms with Crippen molar-refractivity contribution in [3.8, 4) is 0 Å². The van der Waals surface area contributed by atoms with Crippen molar-refractivity contribution in [1.29, 1.82) is 0 Å². The molecule has 3 atom stereocenters. The molecule has 3 fully saturated rings. The summed E-state index contributed by atoms with van der Waals surface area (Å²) in [5, 5.41) is 6.92. The van der Waals surface area contributed by atoms with E-state index in [1.54, 1.807) is 32.9 Å². The summed E-state index contributed by atoms with van der Waals surface area (Å²) in [5.41, 5.74) is 1.09. The average Bonchev–Trinajstić information content (AvgIpc) is 3.13. The van der Waals surface area contributed by atoms with Crippen molar-refractivity contribution in [1.82, 2.24) is 29.7 Å². The summed E-state index contributed by atoms with van der Waals surface area (Å²) >= 11 is 0. The third kappa shape index (κ3) is 2.27. The number of carbonyl (C=O) groups is 3. The van der Waals surface area contributed by atoms with E-state index in [1.807, 2.05) is 0 Å². The molecule has 2 saturated heterocycles. The van der Waals surface area contributed by atoms with Crippen LogP contribution in [0.3, 0.4) is 0 Å². The van der Waals surface area contributed by atoms with Gasteiger partial charge in [0.15, 0.2) is 0 Å². The second-order valence-corrected chi connectivity index (χ2v) is 7.10. The SMILES string of the molecule is O=C1CN(C(=O)[C@H]2C[C@H]3C[C@H]3N2C(=O)c2cnn3ccncc23)CCN1. The van der Waals surface area contributed by atoms with Crippen LogP contribution in [-0.4, -0.2) is 73.8 Å². The van der Waals surface area contributed by atoms with Crippen molar-refractivity contribution in [2.24, 2.45) is 5.92 Å². The molecular formula is C17H18N6O3. The van der Waals surface area contributed by atoms with Crippen molar-refractivity contribution in [2.75, 3.05) is 19.6 Å². The van der Waals surface area contributed by atoms with E-state index in [1.165, 1.54) is 6.20 Å². The Balaban J connectivity index is 1.44. The van der Waals surface area contributed by atoms with Crippen molar-refractivity contribution < 1.29 is 14.4 Å². The first-order valence-electron chi connectivity index (χ1n) is 8.79. The van der Waals surface area contributed by atoms with E-state index < -0.39 is 6.04 Å². The normalized spacial score (nSPS) is 27.4. The Labute approximate surface area is 149 Å². The van der Waals surface area contributed by atoms with Gasteiger partial charge in [-0.05, 0) is 18.8 Å². The van der Waals surface area contributed by atoms with Gasteiger partial charge < -0.3 is 15.1 Å². The van der Waals surface area contributed by atoms with E-state index in [4.69, 9.17) is 0 Å². The van der Waals surface area contributed by atoms with Crippen molar-refractivity contribution in [3.63, 3.8) is 0 Å². The summed E-state index contributed by atoms with van der Waals surface area (Å²) in [6.45, 7) is 1.00. The van der Waals surface area contributed by atoms with Crippen LogP contribution >= 0.6 is 0 Å². The molecule has 1 aliphatic carbocycles. The Kier molecular flexibility index (Phi) is 3.25. The van der Waals surface area contributed by atoms with Gasteiger partial charge in [0.1, 0.15) is 6.04 Å². The van der Waals surface area contributed by atoms with Gasteiger partial charge in [0.05, 0.1) is 30.0 Å². The highest BCUT2D eigenvalue weighted by molar-refractivity contribution is 6.03. The number of piperidine rings is 1. The van der Waals surface area contributed by atoms with Crippen LogP contribution in [0.25, 0.3) is 5.52 Å². The minimum Gasteiger partial charge on any atom is -0.353 e. The number of piperazine rings is 1. The lowest BCUT2D eigenvalue weighted by Gasteiger charge is -2.33. The molecule has 0 aromatic carbocycles. The van der Waals surface area contributed by atoms with E-state index in [2.05, 4.69) is 15.4 Å². The quantitative estimate of drug-likeness (QED) is 0.768. The van der Waals surface area contributed by atoms with E-state index >= 15 is 0 Å². The van der Waals surface area contributed by atoms with Gasteiger partial charge in [-0.2, -0.15) is 5.10 Å². The lowest BCUT2D eigenvalue weighted by atomic mass is 10.1. The van der Waals surface area contributed by atoms with Gasteiger partial charge in [-0.25, -0.2) is 4.52 Å². The highest BCUT2D eigenvalue weighted by atomic mass is 16.2. The lowest BCUT2D eigenvalue weighted by Crippen LogP contribution is -2.56. The predicted octanol–water partition coefficient (Wildman–Crippen LogP) is -0.709. The van der Waals surface area contributed by atoms with Crippen LogP contribution in [0.5, 0.6) is 0 Å². The van der Waals surface area contributed by atoms with E-state index in [9.17, 15) is 14.4 Å². The van der Waals surface area contributed by atoms with Gasteiger partial charge in [0.2, 0.25) is 11.8 Å². The summed E-state index contributed by atoms with van der Waals surface area (Å²) in [4.78, 5) is 45.1. The standard InChI is InChI=1S/C17H18N6O3/c24-15-9-21(3-2-19-15)17(26)13-6-10-5-12(10)23(13)16(25)11-7-20-22-4-1-18-8-14(11)22/h1,4,7-8,10,12-13H,2-3,5-6,9H2,(H,19,24)/t10-,12-,13-/m1/s1. The van der Waals surface area contributed by atoms with Crippen molar-refractivity contribution >= 4 is 23.2 Å². The molecule has 1 N–H and O–H groups in total. The number of fused-ring (bicyclic) bond motifs is 2. The van der Waals surface area contributed by atoms with Crippen LogP contribution < -0.4 is 5.32 Å². The van der Waals surface area contributed by atoms with Gasteiger partial charge in [0.25, 0.3) is 5.91 Å². The number of aromatic nitrogens is 3. The number of amides is 3. The van der Waals surface area contributed by atoms with Gasteiger partial charge in [-0.3, -0.25) is 19.4 Å². The Morgan fingerprint density at radius 2 is 2.12 bits per heavy atom. The van der Waals surface area contributed by atoms with E-state index in [-0.39, 0.29) is 30.3 Å². The number of hydrogen-bond acceptors (Lipinski definition) is 5. The highest BCUT2D eigenvalue weighted by Crippen LogP contribution is 2.48. The predicted molar refractivity (Wildman–Crippen MR) is 89.0 cm³/mol. The Hall–Kier alpha value is -2.97. The number of hydrogen-bond donors (Lipinski definition) is 1. The molecule has 2 aliphatic heterocycles. The minimum atomic E-state index is -0.497. The molecule has 0 radical (unpaired) electrons. The number of carbonyl (C=O) groups excluding carboxylic acids is 3. The maximum atomic E-state index is 13.2. The van der Waals surface area contributed by atoms with Gasteiger partial charge in [0, 0.05) is 31.5 Å². The molecule has 0 spiro atoms. The second-order valence-electron chi connectivity index (χ2n) is 7.10. The highest BCUT2D eigenvalue weighted by Gasteiger charge is 2.57. The number of nitrogens with zero attached hydrogens (tertiary/aromatic N) is 5. The number of likely N-dealkylation sites (tertiary alicyclic amines) is 1. The Morgan fingerprint density at radius 3 is 2.96 bits per heavy atom. The first-order valence-corrected chi connectivity index (χ1v) is 8.79. The first kappa shape index (κ1) is 15.3. The Morgan fingerprint density at radius 1 is 1.23 bits per heavy atom. The fourth-order valence-corrected chi connectivity index (χ4v) is 4.14. The van der Waals surface area contributed by atoms with Crippen LogP contribution in [0.15, 0.2) is 24.8 Å². The van der Waals surface area contributed by atoms with Gasteiger partial charge in [-0.1, -0.05) is 0 Å². The molecule has 1 saturated carbocycles. The third-order valence-corrected chi connectivity index (χ3v) is 5.53. The second kappa shape index (κ2) is 5.52. The summed E-state index contributed by atoms with van der Waals surface area (Å²) in [6, 6.07) is -0.384. The molecule has 134 valence electrons. The molecule has 26 heavy (non-hydrogen) atoms. The zero-order valence-corrected chi connectivity index (χ0v) is 14.0.